The van der Waals surface area contributed by atoms with Gasteiger partial charge in [-0.3, -0.25) is 4.79 Å². The van der Waals surface area contributed by atoms with Crippen LogP contribution in [-0.2, 0) is 23.7 Å². The molecule has 4 unspecified atom stereocenters. The van der Waals surface area contributed by atoms with Crippen molar-refractivity contribution in [1.82, 2.24) is 0 Å². The molecule has 0 fully saturated rings. The van der Waals surface area contributed by atoms with Gasteiger partial charge in [0.15, 0.2) is 0 Å². The standard InChI is InChI=1S/C30H60O10/c1-2-3-4-5-6-7-8-9-10-11-12-13-14-15-16-17-30(36)40-25-29(35)24-39-23-28(34)22-38-21-27(33)20-37-19-26(32)18-31/h26-29,31-35H,2-25H2,1H3. The van der Waals surface area contributed by atoms with Crippen molar-refractivity contribution in [2.75, 3.05) is 52.9 Å². The van der Waals surface area contributed by atoms with E-state index in [1.54, 1.807) is 0 Å². The molecule has 0 aliphatic carbocycles. The molecule has 0 saturated carbocycles. The lowest BCUT2D eigenvalue weighted by Gasteiger charge is -2.16. The molecule has 240 valence electrons. The van der Waals surface area contributed by atoms with Crippen LogP contribution >= 0.6 is 0 Å². The van der Waals surface area contributed by atoms with Gasteiger partial charge in [0.25, 0.3) is 0 Å². The van der Waals surface area contributed by atoms with Crippen LogP contribution in [0.5, 0.6) is 0 Å². The molecule has 0 radical (unpaired) electrons. The fourth-order valence-electron chi connectivity index (χ4n) is 4.12. The Kier molecular flexibility index (Phi) is 29.0. The van der Waals surface area contributed by atoms with E-state index in [0.717, 1.165) is 19.3 Å². The lowest BCUT2D eigenvalue weighted by atomic mass is 10.0. The highest BCUT2D eigenvalue weighted by atomic mass is 16.6. The number of hydrogen-bond donors (Lipinski definition) is 5. The first kappa shape index (κ1) is 39.1. The molecule has 0 rings (SSSR count). The molecule has 0 aromatic carbocycles. The third kappa shape index (κ3) is 28.7. The summed E-state index contributed by atoms with van der Waals surface area (Å²) in [5.41, 5.74) is 0. The normalized spacial score (nSPS) is 14.7. The number of carbonyl (C=O) groups excluding carboxylic acids is 1. The fourth-order valence-corrected chi connectivity index (χ4v) is 4.12. The largest absolute Gasteiger partial charge is 0.463 e. The molecule has 4 atom stereocenters. The van der Waals surface area contributed by atoms with Crippen LogP contribution in [0.3, 0.4) is 0 Å². The van der Waals surface area contributed by atoms with Gasteiger partial charge < -0.3 is 44.5 Å². The molecule has 40 heavy (non-hydrogen) atoms. The average Bonchev–Trinajstić information content (AvgIpc) is 2.93. The first-order valence-electron chi connectivity index (χ1n) is 15.6. The van der Waals surface area contributed by atoms with E-state index in [-0.39, 0.29) is 52.2 Å². The monoisotopic (exact) mass is 580 g/mol. The number of aliphatic hydroxyl groups is 5. The maximum Gasteiger partial charge on any atom is 0.305 e. The van der Waals surface area contributed by atoms with E-state index in [0.29, 0.717) is 6.42 Å². The van der Waals surface area contributed by atoms with Gasteiger partial charge in [-0.1, -0.05) is 96.8 Å². The van der Waals surface area contributed by atoms with Crippen molar-refractivity contribution in [1.29, 1.82) is 0 Å². The summed E-state index contributed by atoms with van der Waals surface area (Å²) in [5.74, 6) is -0.324. The van der Waals surface area contributed by atoms with E-state index in [1.807, 2.05) is 0 Å². The molecular weight excluding hydrogens is 520 g/mol. The third-order valence-corrected chi connectivity index (χ3v) is 6.49. The quantitative estimate of drug-likeness (QED) is 0.0609. The Morgan fingerprint density at radius 3 is 1.20 bits per heavy atom. The molecule has 0 amide bonds. The van der Waals surface area contributed by atoms with Crippen LogP contribution in [0.2, 0.25) is 0 Å². The van der Waals surface area contributed by atoms with Crippen LogP contribution in [0.15, 0.2) is 0 Å². The van der Waals surface area contributed by atoms with E-state index in [4.69, 9.17) is 29.2 Å². The highest BCUT2D eigenvalue weighted by molar-refractivity contribution is 5.69. The van der Waals surface area contributed by atoms with Crippen molar-refractivity contribution in [3.05, 3.63) is 0 Å². The van der Waals surface area contributed by atoms with Gasteiger partial charge in [0.1, 0.15) is 31.0 Å². The van der Waals surface area contributed by atoms with Crippen molar-refractivity contribution >= 4 is 5.97 Å². The van der Waals surface area contributed by atoms with E-state index in [1.165, 1.54) is 77.0 Å². The molecule has 0 aromatic rings. The molecule has 10 heteroatoms. The maximum absolute atomic E-state index is 11.9. The summed E-state index contributed by atoms with van der Waals surface area (Å²) >= 11 is 0. The summed E-state index contributed by atoms with van der Waals surface area (Å²) in [7, 11) is 0. The predicted molar refractivity (Wildman–Crippen MR) is 154 cm³/mol. The maximum atomic E-state index is 11.9. The lowest BCUT2D eigenvalue weighted by Crippen LogP contribution is -2.30. The molecule has 10 nitrogen and oxygen atoms in total. The second-order valence-electron chi connectivity index (χ2n) is 10.8. The Balaban J connectivity index is 3.47. The van der Waals surface area contributed by atoms with Crippen LogP contribution in [0.1, 0.15) is 110 Å². The summed E-state index contributed by atoms with van der Waals surface area (Å²) < 4.78 is 20.5. The highest BCUT2D eigenvalue weighted by Crippen LogP contribution is 2.14. The fraction of sp³-hybridized carbons (Fsp3) is 0.967. The number of unbranched alkanes of at least 4 members (excludes halogenated alkanes) is 14. The first-order chi connectivity index (χ1) is 19.4. The van der Waals surface area contributed by atoms with Crippen LogP contribution in [0, 0.1) is 0 Å². The Labute approximate surface area is 242 Å². The van der Waals surface area contributed by atoms with Crippen LogP contribution in [-0.4, -0.2) is 109 Å². The topological polar surface area (TPSA) is 155 Å². The van der Waals surface area contributed by atoms with Crippen molar-refractivity contribution < 1.29 is 49.3 Å². The number of ether oxygens (including phenoxy) is 4. The average molecular weight is 581 g/mol. The molecule has 0 bridgehead atoms. The van der Waals surface area contributed by atoms with Crippen LogP contribution in [0.4, 0.5) is 0 Å². The molecule has 0 aromatic heterocycles. The molecule has 0 saturated heterocycles. The van der Waals surface area contributed by atoms with Gasteiger partial charge in [0.2, 0.25) is 0 Å². The molecule has 0 spiro atoms. The highest BCUT2D eigenvalue weighted by Gasteiger charge is 2.13. The predicted octanol–water partition coefficient (Wildman–Crippen LogP) is 3.28. The zero-order chi connectivity index (χ0) is 29.7. The Morgan fingerprint density at radius 1 is 0.500 bits per heavy atom. The van der Waals surface area contributed by atoms with Crippen molar-refractivity contribution in [2.45, 2.75) is 134 Å². The molecule has 0 aliphatic heterocycles. The van der Waals surface area contributed by atoms with E-state index in [9.17, 15) is 20.1 Å². The minimum Gasteiger partial charge on any atom is -0.463 e. The molecule has 5 N–H and O–H groups in total. The van der Waals surface area contributed by atoms with Crippen molar-refractivity contribution in [3.63, 3.8) is 0 Å². The van der Waals surface area contributed by atoms with Gasteiger partial charge in [-0.25, -0.2) is 0 Å². The second-order valence-corrected chi connectivity index (χ2v) is 10.8. The second kappa shape index (κ2) is 29.6. The summed E-state index contributed by atoms with van der Waals surface area (Å²) in [6.45, 7) is 1.17. The first-order valence-corrected chi connectivity index (χ1v) is 15.6. The Morgan fingerprint density at radius 2 is 0.825 bits per heavy atom. The number of carbonyl (C=O) groups is 1. The van der Waals surface area contributed by atoms with Gasteiger partial charge in [-0.05, 0) is 6.42 Å². The summed E-state index contributed by atoms with van der Waals surface area (Å²) in [6.07, 6.45) is 15.5. The van der Waals surface area contributed by atoms with E-state index in [2.05, 4.69) is 6.92 Å². The molecule has 0 aliphatic rings. The van der Waals surface area contributed by atoms with E-state index >= 15 is 0 Å². The Hall–Kier alpha value is -0.850. The van der Waals surface area contributed by atoms with Gasteiger partial charge in [0, 0.05) is 6.42 Å². The number of hydrogen-bond acceptors (Lipinski definition) is 10. The number of esters is 1. The van der Waals surface area contributed by atoms with Gasteiger partial charge in [-0.2, -0.15) is 0 Å². The third-order valence-electron chi connectivity index (χ3n) is 6.49. The smallest absolute Gasteiger partial charge is 0.305 e. The zero-order valence-electron chi connectivity index (χ0n) is 25.1. The molecule has 0 heterocycles. The van der Waals surface area contributed by atoms with Gasteiger partial charge in [-0.15, -0.1) is 0 Å². The lowest BCUT2D eigenvalue weighted by molar-refractivity contribution is -0.148. The van der Waals surface area contributed by atoms with E-state index < -0.39 is 31.0 Å². The summed E-state index contributed by atoms with van der Waals surface area (Å²) in [5, 5.41) is 47.2. The van der Waals surface area contributed by atoms with Crippen LogP contribution in [0.25, 0.3) is 0 Å². The minimum absolute atomic E-state index is 0.0754. The van der Waals surface area contributed by atoms with Gasteiger partial charge >= 0.3 is 5.97 Å². The SMILES string of the molecule is CCCCCCCCCCCCCCCCCC(=O)OCC(O)COCC(O)COCC(O)COCC(O)CO. The van der Waals surface area contributed by atoms with Crippen molar-refractivity contribution in [2.24, 2.45) is 0 Å². The minimum atomic E-state index is -0.996. The van der Waals surface area contributed by atoms with Gasteiger partial charge in [0.05, 0.1) is 46.2 Å². The Bertz CT molecular complexity index is 537. The zero-order valence-corrected chi connectivity index (χ0v) is 25.1. The summed E-state index contributed by atoms with van der Waals surface area (Å²) in [4.78, 5) is 11.9. The summed E-state index contributed by atoms with van der Waals surface area (Å²) in [6, 6.07) is 0. The number of aliphatic hydroxyl groups excluding tert-OH is 5. The van der Waals surface area contributed by atoms with Crippen LogP contribution < -0.4 is 0 Å². The van der Waals surface area contributed by atoms with Crippen molar-refractivity contribution in [3.8, 4) is 0 Å². The number of rotatable bonds is 31. The molecular formula is C30H60O10.